The Morgan fingerprint density at radius 3 is 3.10 bits per heavy atom. The van der Waals surface area contributed by atoms with Crippen LogP contribution in [0.4, 0.5) is 5.13 Å². The Hall–Kier alpha value is -2.74. The topological polar surface area (TPSA) is 109 Å². The van der Waals surface area contributed by atoms with Crippen molar-refractivity contribution in [1.82, 2.24) is 20.6 Å². The second-order valence-electron chi connectivity index (χ2n) is 4.29. The van der Waals surface area contributed by atoms with Gasteiger partial charge < -0.3 is 10.7 Å². The van der Waals surface area contributed by atoms with Crippen LogP contribution in [-0.2, 0) is 11.2 Å². The van der Waals surface area contributed by atoms with Crippen LogP contribution < -0.4 is 11.2 Å². The monoisotopic (exact) mass is 300 g/mol. The first-order chi connectivity index (χ1) is 10.2. The second kappa shape index (κ2) is 5.71. The van der Waals surface area contributed by atoms with E-state index in [0.717, 1.165) is 16.5 Å². The number of amides is 1. The number of H-pyrrole nitrogens is 1. The molecule has 0 aliphatic rings. The van der Waals surface area contributed by atoms with Crippen molar-refractivity contribution >= 4 is 39.5 Å². The molecule has 0 saturated carbocycles. The fraction of sp³-hybridized carbons (Fsp3) is 0.0769. The van der Waals surface area contributed by atoms with E-state index in [9.17, 15) is 4.79 Å². The van der Waals surface area contributed by atoms with Crippen LogP contribution in [-0.4, -0.2) is 27.3 Å². The highest BCUT2D eigenvalue weighted by Gasteiger charge is 2.07. The van der Waals surface area contributed by atoms with Gasteiger partial charge in [0.05, 0.1) is 12.6 Å². The normalized spacial score (nSPS) is 11.2. The summed E-state index contributed by atoms with van der Waals surface area (Å²) in [6, 6.07) is 7.87. The predicted octanol–water partition coefficient (Wildman–Crippen LogP) is 1.29. The molecule has 0 spiro atoms. The third-order valence-corrected chi connectivity index (χ3v) is 3.56. The van der Waals surface area contributed by atoms with E-state index in [1.54, 1.807) is 6.21 Å². The smallest absolute Gasteiger partial charge is 0.247 e. The lowest BCUT2D eigenvalue weighted by atomic mass is 10.2. The second-order valence-corrected chi connectivity index (χ2v) is 5.39. The van der Waals surface area contributed by atoms with E-state index in [4.69, 9.17) is 5.73 Å². The number of nitrogens with one attached hydrogen (secondary N) is 2. The van der Waals surface area contributed by atoms with Crippen LogP contribution in [0.25, 0.3) is 10.9 Å². The zero-order valence-electron chi connectivity index (χ0n) is 10.9. The number of anilines is 1. The molecule has 0 saturated heterocycles. The van der Waals surface area contributed by atoms with Crippen molar-refractivity contribution in [1.29, 1.82) is 0 Å². The Morgan fingerprint density at radius 2 is 2.29 bits per heavy atom. The standard InChI is InChI=1S/C13H12N6OS/c14-13-19-18-12(21-13)5-11(20)17-16-7-8-6-15-10-4-2-1-3-9(8)10/h1-4,6-7,15H,5H2,(H2,14,19)(H,17,20)/b16-7+. The highest BCUT2D eigenvalue weighted by molar-refractivity contribution is 7.15. The van der Waals surface area contributed by atoms with Crippen LogP contribution >= 0.6 is 11.3 Å². The average Bonchev–Trinajstić information content (AvgIpc) is 3.06. The van der Waals surface area contributed by atoms with Gasteiger partial charge in [-0.3, -0.25) is 4.79 Å². The van der Waals surface area contributed by atoms with E-state index >= 15 is 0 Å². The lowest BCUT2D eigenvalue weighted by Crippen LogP contribution is -2.19. The number of benzene rings is 1. The molecule has 4 N–H and O–H groups in total. The third-order valence-electron chi connectivity index (χ3n) is 2.81. The number of fused-ring (bicyclic) bond motifs is 1. The number of carbonyl (C=O) groups excluding carboxylic acids is 1. The summed E-state index contributed by atoms with van der Waals surface area (Å²) in [6.45, 7) is 0. The fourth-order valence-electron chi connectivity index (χ4n) is 1.89. The number of para-hydroxylation sites is 1. The summed E-state index contributed by atoms with van der Waals surface area (Å²) in [4.78, 5) is 14.8. The fourth-order valence-corrected chi connectivity index (χ4v) is 2.50. The summed E-state index contributed by atoms with van der Waals surface area (Å²) in [5.74, 6) is -0.262. The maximum Gasteiger partial charge on any atom is 0.247 e. The number of carbonyl (C=O) groups is 1. The molecule has 0 unspecified atom stereocenters. The molecule has 106 valence electrons. The molecule has 0 bridgehead atoms. The first-order valence-electron chi connectivity index (χ1n) is 6.18. The summed E-state index contributed by atoms with van der Waals surface area (Å²) >= 11 is 1.19. The first-order valence-corrected chi connectivity index (χ1v) is 7.00. The molecule has 3 rings (SSSR count). The van der Waals surface area contributed by atoms with E-state index in [1.807, 2.05) is 30.5 Å². The Bertz CT molecular complexity index is 806. The molecular formula is C13H12N6OS. The lowest BCUT2D eigenvalue weighted by Gasteiger charge is -1.95. The number of aromatic nitrogens is 3. The summed E-state index contributed by atoms with van der Waals surface area (Å²) < 4.78 is 0. The Kier molecular flexibility index (Phi) is 3.61. The quantitative estimate of drug-likeness (QED) is 0.498. The van der Waals surface area contributed by atoms with Crippen molar-refractivity contribution in [3.63, 3.8) is 0 Å². The summed E-state index contributed by atoms with van der Waals surface area (Å²) in [6.07, 6.45) is 3.55. The molecule has 3 aromatic rings. The van der Waals surface area contributed by atoms with Crippen molar-refractivity contribution < 1.29 is 4.79 Å². The van der Waals surface area contributed by atoms with Crippen molar-refractivity contribution in [2.45, 2.75) is 6.42 Å². The van der Waals surface area contributed by atoms with Crippen LogP contribution in [0.1, 0.15) is 10.6 Å². The van der Waals surface area contributed by atoms with Crippen LogP contribution in [0.15, 0.2) is 35.6 Å². The highest BCUT2D eigenvalue weighted by atomic mass is 32.1. The van der Waals surface area contributed by atoms with Gasteiger partial charge >= 0.3 is 0 Å². The summed E-state index contributed by atoms with van der Waals surface area (Å²) in [7, 11) is 0. The predicted molar refractivity (Wildman–Crippen MR) is 82.1 cm³/mol. The van der Waals surface area contributed by atoms with Gasteiger partial charge in [0.1, 0.15) is 5.01 Å². The highest BCUT2D eigenvalue weighted by Crippen LogP contribution is 2.15. The third kappa shape index (κ3) is 3.06. The lowest BCUT2D eigenvalue weighted by molar-refractivity contribution is -0.120. The number of hydrogen-bond donors (Lipinski definition) is 3. The van der Waals surface area contributed by atoms with Crippen LogP contribution in [0.2, 0.25) is 0 Å². The number of rotatable bonds is 4. The molecule has 0 fully saturated rings. The van der Waals surface area contributed by atoms with Gasteiger partial charge in [0.15, 0.2) is 0 Å². The molecule has 2 heterocycles. The molecule has 2 aromatic heterocycles. The Labute approximate surface area is 123 Å². The van der Waals surface area contributed by atoms with Gasteiger partial charge in [-0.2, -0.15) is 5.10 Å². The van der Waals surface area contributed by atoms with Gasteiger partial charge in [0.25, 0.3) is 0 Å². The molecular weight excluding hydrogens is 288 g/mol. The number of nitrogen functional groups attached to an aromatic ring is 1. The Balaban J connectivity index is 1.63. The minimum atomic E-state index is -0.262. The first kappa shape index (κ1) is 13.3. The van der Waals surface area contributed by atoms with Gasteiger partial charge in [-0.1, -0.05) is 29.5 Å². The van der Waals surface area contributed by atoms with Crippen molar-refractivity contribution in [2.75, 3.05) is 5.73 Å². The zero-order valence-corrected chi connectivity index (χ0v) is 11.7. The molecule has 0 aliphatic heterocycles. The summed E-state index contributed by atoms with van der Waals surface area (Å²) in [5, 5.41) is 13.3. The van der Waals surface area contributed by atoms with Crippen molar-refractivity contribution in [3.8, 4) is 0 Å². The molecule has 1 aromatic carbocycles. The minimum Gasteiger partial charge on any atom is -0.374 e. The van der Waals surface area contributed by atoms with Crippen LogP contribution in [0.3, 0.4) is 0 Å². The minimum absolute atomic E-state index is 0.111. The molecule has 1 amide bonds. The van der Waals surface area contributed by atoms with Crippen molar-refractivity contribution in [2.24, 2.45) is 5.10 Å². The molecule has 8 heteroatoms. The van der Waals surface area contributed by atoms with E-state index in [0.29, 0.717) is 10.1 Å². The largest absolute Gasteiger partial charge is 0.374 e. The summed E-state index contributed by atoms with van der Waals surface area (Å²) in [5.41, 5.74) is 9.84. The molecule has 21 heavy (non-hydrogen) atoms. The van der Waals surface area contributed by atoms with E-state index < -0.39 is 0 Å². The molecule has 0 atom stereocenters. The van der Waals surface area contributed by atoms with Crippen LogP contribution in [0, 0.1) is 0 Å². The van der Waals surface area contributed by atoms with Gasteiger partial charge in [0.2, 0.25) is 11.0 Å². The van der Waals surface area contributed by atoms with Gasteiger partial charge in [-0.25, -0.2) is 5.43 Å². The maximum atomic E-state index is 11.7. The number of aromatic amines is 1. The Morgan fingerprint density at radius 1 is 1.43 bits per heavy atom. The van der Waals surface area contributed by atoms with Crippen LogP contribution in [0.5, 0.6) is 0 Å². The molecule has 0 aliphatic carbocycles. The number of hydrazone groups is 1. The average molecular weight is 300 g/mol. The van der Waals surface area contributed by atoms with Crippen molar-refractivity contribution in [3.05, 3.63) is 41.0 Å². The van der Waals surface area contributed by atoms with E-state index in [2.05, 4.69) is 25.7 Å². The number of hydrogen-bond acceptors (Lipinski definition) is 6. The van der Waals surface area contributed by atoms with E-state index in [1.165, 1.54) is 11.3 Å². The maximum absolute atomic E-state index is 11.7. The SMILES string of the molecule is Nc1nnc(CC(=O)N/N=C/c2c[nH]c3ccccc23)s1. The van der Waals surface area contributed by atoms with Gasteiger partial charge in [-0.05, 0) is 6.07 Å². The van der Waals surface area contributed by atoms with Gasteiger partial charge in [0, 0.05) is 22.7 Å². The molecule has 7 nitrogen and oxygen atoms in total. The van der Waals surface area contributed by atoms with E-state index in [-0.39, 0.29) is 12.3 Å². The molecule has 0 radical (unpaired) electrons. The number of nitrogens with zero attached hydrogens (tertiary/aromatic N) is 3. The zero-order chi connectivity index (χ0) is 14.7. The number of nitrogens with two attached hydrogens (primary N) is 1. The van der Waals surface area contributed by atoms with Gasteiger partial charge in [-0.15, -0.1) is 10.2 Å².